The van der Waals surface area contributed by atoms with E-state index in [-0.39, 0.29) is 25.0 Å². The average Bonchev–Trinajstić information content (AvgIpc) is 2.77. The van der Waals surface area contributed by atoms with Crippen molar-refractivity contribution in [1.82, 2.24) is 9.80 Å². The molecule has 0 N–H and O–H groups in total. The Morgan fingerprint density at radius 1 is 0.710 bits per heavy atom. The molecule has 6 nitrogen and oxygen atoms in total. The fourth-order valence-corrected chi connectivity index (χ4v) is 3.62. The third kappa shape index (κ3) is 5.57. The number of carbonyl (C=O) groups excluding carboxylic acids is 2. The largest absolute Gasteiger partial charge is 0.484 e. The molecule has 1 aliphatic heterocycles. The Morgan fingerprint density at radius 2 is 1.23 bits per heavy atom. The number of carbonyl (C=O) groups is 2. The van der Waals surface area contributed by atoms with Gasteiger partial charge in [0.2, 0.25) is 0 Å². The number of ether oxygens (including phenoxy) is 2. The monoisotopic (exact) mass is 424 g/mol. The Hall–Kier alpha value is -3.02. The molecule has 0 unspecified atom stereocenters. The van der Waals surface area contributed by atoms with Crippen molar-refractivity contribution in [2.45, 2.75) is 34.6 Å². The minimum Gasteiger partial charge on any atom is -0.484 e. The van der Waals surface area contributed by atoms with Crippen molar-refractivity contribution >= 4 is 11.8 Å². The van der Waals surface area contributed by atoms with E-state index in [1.54, 1.807) is 9.80 Å². The molecule has 6 heteroatoms. The Morgan fingerprint density at radius 3 is 1.81 bits per heavy atom. The summed E-state index contributed by atoms with van der Waals surface area (Å²) in [5.74, 6) is 1.36. The van der Waals surface area contributed by atoms with Crippen LogP contribution in [0.25, 0.3) is 0 Å². The second-order valence-corrected chi connectivity index (χ2v) is 8.24. The molecular formula is C25H32N2O4. The first-order valence-electron chi connectivity index (χ1n) is 10.7. The standard InChI is InChI=1S/C25H32N2O4/c1-17-8-9-22(14-20(17)4)30-15-23(28)26-10-12-27(13-11-26)24(29)16-31-25-19(3)7-6-18(2)21(25)5/h6-9,14H,10-13,15-16H2,1-5H3. The summed E-state index contributed by atoms with van der Waals surface area (Å²) >= 11 is 0. The van der Waals surface area contributed by atoms with Crippen LogP contribution >= 0.6 is 0 Å². The summed E-state index contributed by atoms with van der Waals surface area (Å²) in [6.07, 6.45) is 0. The van der Waals surface area contributed by atoms with Gasteiger partial charge >= 0.3 is 0 Å². The van der Waals surface area contributed by atoms with Gasteiger partial charge in [0, 0.05) is 26.2 Å². The summed E-state index contributed by atoms with van der Waals surface area (Å²) in [5, 5.41) is 0. The predicted octanol–water partition coefficient (Wildman–Crippen LogP) is 3.36. The lowest BCUT2D eigenvalue weighted by Gasteiger charge is -2.34. The molecule has 0 bridgehead atoms. The summed E-state index contributed by atoms with van der Waals surface area (Å²) in [7, 11) is 0. The maximum atomic E-state index is 12.6. The molecule has 3 rings (SSSR count). The molecule has 2 aromatic carbocycles. The second-order valence-electron chi connectivity index (χ2n) is 8.24. The van der Waals surface area contributed by atoms with Crippen molar-refractivity contribution in [3.8, 4) is 11.5 Å². The van der Waals surface area contributed by atoms with Crippen LogP contribution in [-0.4, -0.2) is 61.0 Å². The van der Waals surface area contributed by atoms with Gasteiger partial charge in [-0.2, -0.15) is 0 Å². The molecule has 166 valence electrons. The van der Waals surface area contributed by atoms with E-state index in [4.69, 9.17) is 9.47 Å². The summed E-state index contributed by atoms with van der Waals surface area (Å²) in [5.41, 5.74) is 5.55. The van der Waals surface area contributed by atoms with E-state index in [2.05, 4.69) is 6.07 Å². The molecule has 0 saturated carbocycles. The highest BCUT2D eigenvalue weighted by atomic mass is 16.5. The SMILES string of the molecule is Cc1ccc(OCC(=O)N2CCN(C(=O)COc3c(C)ccc(C)c3C)CC2)cc1C. The van der Waals surface area contributed by atoms with Gasteiger partial charge in [-0.1, -0.05) is 18.2 Å². The number of hydrogen-bond donors (Lipinski definition) is 0. The maximum Gasteiger partial charge on any atom is 0.260 e. The highest BCUT2D eigenvalue weighted by Crippen LogP contribution is 2.25. The van der Waals surface area contributed by atoms with Crippen molar-refractivity contribution in [2.24, 2.45) is 0 Å². The highest BCUT2D eigenvalue weighted by molar-refractivity contribution is 5.80. The number of nitrogens with zero attached hydrogens (tertiary/aromatic N) is 2. The van der Waals surface area contributed by atoms with E-state index in [0.29, 0.717) is 31.9 Å². The normalized spacial score (nSPS) is 13.8. The quantitative estimate of drug-likeness (QED) is 0.714. The highest BCUT2D eigenvalue weighted by Gasteiger charge is 2.25. The molecule has 1 heterocycles. The van der Waals surface area contributed by atoms with Crippen molar-refractivity contribution in [3.63, 3.8) is 0 Å². The van der Waals surface area contributed by atoms with Gasteiger partial charge in [-0.25, -0.2) is 0 Å². The van der Waals surface area contributed by atoms with Gasteiger partial charge in [0.15, 0.2) is 13.2 Å². The van der Waals surface area contributed by atoms with Gasteiger partial charge < -0.3 is 19.3 Å². The molecule has 0 aliphatic carbocycles. The molecule has 2 amide bonds. The van der Waals surface area contributed by atoms with Gasteiger partial charge in [0.25, 0.3) is 11.8 Å². The lowest BCUT2D eigenvalue weighted by molar-refractivity contribution is -0.141. The molecule has 0 radical (unpaired) electrons. The summed E-state index contributed by atoms with van der Waals surface area (Å²) in [6, 6.07) is 9.87. The van der Waals surface area contributed by atoms with Crippen LogP contribution < -0.4 is 9.47 Å². The molecule has 1 aliphatic rings. The van der Waals surface area contributed by atoms with Crippen LogP contribution in [-0.2, 0) is 9.59 Å². The van der Waals surface area contributed by atoms with Crippen LogP contribution in [0, 0.1) is 34.6 Å². The van der Waals surface area contributed by atoms with E-state index >= 15 is 0 Å². The van der Waals surface area contributed by atoms with E-state index in [1.807, 2.05) is 58.9 Å². The van der Waals surface area contributed by atoms with Crippen LogP contribution in [0.2, 0.25) is 0 Å². The minimum absolute atomic E-state index is 0.00543. The molecule has 1 saturated heterocycles. The van der Waals surface area contributed by atoms with Crippen molar-refractivity contribution in [2.75, 3.05) is 39.4 Å². The average molecular weight is 425 g/mol. The number of hydrogen-bond acceptors (Lipinski definition) is 4. The van der Waals surface area contributed by atoms with Gasteiger partial charge in [-0.05, 0) is 74.6 Å². The first-order valence-corrected chi connectivity index (χ1v) is 10.7. The molecule has 31 heavy (non-hydrogen) atoms. The molecule has 0 spiro atoms. The van der Waals surface area contributed by atoms with Gasteiger partial charge in [-0.15, -0.1) is 0 Å². The Labute approximate surface area is 184 Å². The number of aryl methyl sites for hydroxylation is 4. The summed E-state index contributed by atoms with van der Waals surface area (Å²) in [4.78, 5) is 28.6. The second kappa shape index (κ2) is 9.86. The summed E-state index contributed by atoms with van der Waals surface area (Å²) < 4.78 is 11.5. The number of benzene rings is 2. The number of rotatable bonds is 6. The number of amides is 2. The maximum absolute atomic E-state index is 12.6. The lowest BCUT2D eigenvalue weighted by Crippen LogP contribution is -2.52. The van der Waals surface area contributed by atoms with Crippen LogP contribution in [0.5, 0.6) is 11.5 Å². The molecule has 0 atom stereocenters. The summed E-state index contributed by atoms with van der Waals surface area (Å²) in [6.45, 7) is 12.1. The molecular weight excluding hydrogens is 392 g/mol. The third-order valence-corrected chi connectivity index (χ3v) is 6.04. The molecule has 1 fully saturated rings. The minimum atomic E-state index is -0.0624. The molecule has 0 aromatic heterocycles. The fraction of sp³-hybridized carbons (Fsp3) is 0.440. The smallest absolute Gasteiger partial charge is 0.260 e. The van der Waals surface area contributed by atoms with Crippen LogP contribution in [0.4, 0.5) is 0 Å². The van der Waals surface area contributed by atoms with E-state index in [9.17, 15) is 9.59 Å². The van der Waals surface area contributed by atoms with Gasteiger partial charge in [0.05, 0.1) is 0 Å². The molecule has 2 aromatic rings. The Bertz CT molecular complexity index is 962. The van der Waals surface area contributed by atoms with Gasteiger partial charge in [-0.3, -0.25) is 9.59 Å². The predicted molar refractivity (Wildman–Crippen MR) is 121 cm³/mol. The number of piperazine rings is 1. The van der Waals surface area contributed by atoms with Crippen LogP contribution in [0.1, 0.15) is 27.8 Å². The topological polar surface area (TPSA) is 59.1 Å². The zero-order valence-corrected chi connectivity index (χ0v) is 19.2. The Kier molecular flexibility index (Phi) is 7.21. The van der Waals surface area contributed by atoms with E-state index in [1.165, 1.54) is 5.56 Å². The van der Waals surface area contributed by atoms with Gasteiger partial charge in [0.1, 0.15) is 11.5 Å². The lowest BCUT2D eigenvalue weighted by atomic mass is 10.1. The third-order valence-electron chi connectivity index (χ3n) is 6.04. The van der Waals surface area contributed by atoms with E-state index in [0.717, 1.165) is 28.0 Å². The van der Waals surface area contributed by atoms with E-state index < -0.39 is 0 Å². The first kappa shape index (κ1) is 22.7. The zero-order valence-electron chi connectivity index (χ0n) is 19.2. The van der Waals surface area contributed by atoms with Crippen molar-refractivity contribution < 1.29 is 19.1 Å². The van der Waals surface area contributed by atoms with Crippen molar-refractivity contribution in [3.05, 3.63) is 58.1 Å². The van der Waals surface area contributed by atoms with Crippen molar-refractivity contribution in [1.29, 1.82) is 0 Å². The Balaban J connectivity index is 1.45. The van der Waals surface area contributed by atoms with Crippen LogP contribution in [0.15, 0.2) is 30.3 Å². The zero-order chi connectivity index (χ0) is 22.5. The van der Waals surface area contributed by atoms with Crippen LogP contribution in [0.3, 0.4) is 0 Å². The first-order chi connectivity index (χ1) is 14.8. The fourth-order valence-electron chi connectivity index (χ4n) is 3.62.